The summed E-state index contributed by atoms with van der Waals surface area (Å²) < 4.78 is 0. The molecular weight excluding hydrogens is 528 g/mol. The first-order valence-electron chi connectivity index (χ1n) is 14.4. The zero-order valence-electron chi connectivity index (χ0n) is 23.9. The molecular formula is C30H38N4O7. The number of ketones is 4. The Morgan fingerprint density at radius 2 is 1.76 bits per heavy atom. The Morgan fingerprint density at radius 1 is 1.10 bits per heavy atom. The third-order valence-corrected chi connectivity index (χ3v) is 10.3. The third kappa shape index (κ3) is 3.92. The maximum absolute atomic E-state index is 14.0. The molecule has 5 aliphatic carbocycles. The largest absolute Gasteiger partial charge is 0.507 e. The minimum atomic E-state index is -2.72. The molecule has 0 aromatic heterocycles. The molecule has 0 saturated heterocycles. The van der Waals surface area contributed by atoms with E-state index in [4.69, 9.17) is 5.73 Å². The van der Waals surface area contributed by atoms with Crippen molar-refractivity contribution >= 4 is 34.7 Å². The number of likely N-dealkylation sites (N-methyl/N-ethyl adjacent to an activating group) is 1. The van der Waals surface area contributed by atoms with Crippen molar-refractivity contribution in [3.63, 3.8) is 0 Å². The molecule has 4 saturated carbocycles. The number of nitrogens with two attached hydrogens (primary N) is 1. The predicted molar refractivity (Wildman–Crippen MR) is 147 cm³/mol. The van der Waals surface area contributed by atoms with Gasteiger partial charge in [-0.2, -0.15) is 0 Å². The lowest BCUT2D eigenvalue weighted by Crippen LogP contribution is -2.74. The Hall–Kier alpha value is -3.15. The number of aliphatic hydroxyl groups is 1. The van der Waals surface area contributed by atoms with Crippen LogP contribution in [-0.4, -0.2) is 89.5 Å². The van der Waals surface area contributed by atoms with Crippen molar-refractivity contribution in [2.45, 2.75) is 62.3 Å². The Bertz CT molecular complexity index is 1400. The van der Waals surface area contributed by atoms with Crippen LogP contribution in [0.5, 0.6) is 5.75 Å². The second-order valence-corrected chi connectivity index (χ2v) is 13.2. The summed E-state index contributed by atoms with van der Waals surface area (Å²) in [6, 6.07) is 0.453. The van der Waals surface area contributed by atoms with Crippen LogP contribution in [0.25, 0.3) is 0 Å². The van der Waals surface area contributed by atoms with E-state index in [1.165, 1.54) is 17.7 Å². The van der Waals surface area contributed by atoms with Gasteiger partial charge in [0.2, 0.25) is 5.91 Å². The number of phenols is 1. The number of carbonyl (C=O) groups excluding carboxylic acids is 5. The van der Waals surface area contributed by atoms with Crippen LogP contribution in [0.2, 0.25) is 0 Å². The summed E-state index contributed by atoms with van der Waals surface area (Å²) in [4.78, 5) is 70.3. The van der Waals surface area contributed by atoms with Crippen LogP contribution in [0.1, 0.15) is 53.6 Å². The number of primary amides is 1. The summed E-state index contributed by atoms with van der Waals surface area (Å²) in [7, 11) is 6.89. The van der Waals surface area contributed by atoms with E-state index in [0.717, 1.165) is 24.1 Å². The van der Waals surface area contributed by atoms with Crippen LogP contribution in [-0.2, 0) is 32.1 Å². The van der Waals surface area contributed by atoms with Crippen LogP contribution < -0.4 is 16.0 Å². The van der Waals surface area contributed by atoms with Gasteiger partial charge < -0.3 is 26.2 Å². The summed E-state index contributed by atoms with van der Waals surface area (Å²) in [5, 5.41) is 26.6. The van der Waals surface area contributed by atoms with Gasteiger partial charge in [0, 0.05) is 37.8 Å². The molecule has 220 valence electrons. The van der Waals surface area contributed by atoms with E-state index in [0.29, 0.717) is 18.0 Å². The van der Waals surface area contributed by atoms with Crippen LogP contribution in [0.15, 0.2) is 6.07 Å². The maximum atomic E-state index is 14.0. The van der Waals surface area contributed by atoms with Gasteiger partial charge in [0.1, 0.15) is 5.75 Å². The number of anilines is 1. The molecule has 0 aliphatic heterocycles. The second-order valence-electron chi connectivity index (χ2n) is 13.2. The van der Waals surface area contributed by atoms with Crippen LogP contribution in [0.4, 0.5) is 5.69 Å². The van der Waals surface area contributed by atoms with Crippen LogP contribution in [0.3, 0.4) is 0 Å². The van der Waals surface area contributed by atoms with Crippen molar-refractivity contribution in [1.82, 2.24) is 10.2 Å². The van der Waals surface area contributed by atoms with Crippen molar-refractivity contribution in [2.75, 3.05) is 33.1 Å². The number of hydrogen-bond acceptors (Lipinski definition) is 10. The molecule has 11 heteroatoms. The summed E-state index contributed by atoms with van der Waals surface area (Å²) in [5.74, 6) is -9.62. The first-order chi connectivity index (χ1) is 19.2. The van der Waals surface area contributed by atoms with Crippen LogP contribution in [0, 0.1) is 29.6 Å². The number of amides is 1. The fraction of sp³-hybridized carbons (Fsp3) is 0.633. The molecule has 2 unspecified atom stereocenters. The van der Waals surface area contributed by atoms with E-state index < -0.39 is 64.4 Å². The zero-order valence-corrected chi connectivity index (χ0v) is 23.9. The van der Waals surface area contributed by atoms with Gasteiger partial charge in [-0.05, 0) is 81.6 Å². The number of rotatable bonds is 7. The fourth-order valence-corrected chi connectivity index (χ4v) is 8.19. The average Bonchev–Trinajstić information content (AvgIpc) is 3.78. The summed E-state index contributed by atoms with van der Waals surface area (Å²) >= 11 is 0. The normalized spacial score (nSPS) is 33.8. The molecule has 0 bridgehead atoms. The highest BCUT2D eigenvalue weighted by atomic mass is 16.3. The molecule has 0 heterocycles. The molecule has 6 atom stereocenters. The molecule has 1 aromatic rings. The average molecular weight is 567 g/mol. The Labute approximate surface area is 238 Å². The van der Waals surface area contributed by atoms with Crippen molar-refractivity contribution in [3.05, 3.63) is 22.8 Å². The van der Waals surface area contributed by atoms with Gasteiger partial charge in [0.05, 0.1) is 17.5 Å². The summed E-state index contributed by atoms with van der Waals surface area (Å²) in [5.41, 5.74) is 5.10. The summed E-state index contributed by atoms with van der Waals surface area (Å²) in [6.07, 6.45) is 4.98. The standard InChI is InChI=1S/C30H38N4O7/c1-33(2)22-14(12-32-29(7-8-29)15-5-6-15)11-18(35)20-16(22)9-13-10-17-23(34(3)4)25(37)21(28(31)40)27(39)30(17,41)26(38)19(13)24(20)36/h11,13,15,17,19,21,23,32,35,41H,5-10,12H2,1-4H3,(H2,31,40)/t13-,17-,19?,21?,23-,30-/m0/s1. The van der Waals surface area contributed by atoms with Gasteiger partial charge in [-0.15, -0.1) is 0 Å². The van der Waals surface area contributed by atoms with Gasteiger partial charge in [-0.25, -0.2) is 0 Å². The molecule has 5 N–H and O–H groups in total. The quantitative estimate of drug-likeness (QED) is 0.329. The van der Waals surface area contributed by atoms with E-state index in [1.807, 2.05) is 19.0 Å². The number of fused-ring (bicyclic) bond motifs is 3. The van der Waals surface area contributed by atoms with Crippen LogP contribution >= 0.6 is 0 Å². The number of Topliss-reactive ketones (excluding diaryl/α,β-unsaturated/α-hetero) is 4. The van der Waals surface area contributed by atoms with Crippen molar-refractivity contribution in [1.29, 1.82) is 0 Å². The fourth-order valence-electron chi connectivity index (χ4n) is 8.19. The molecule has 4 fully saturated rings. The second kappa shape index (κ2) is 9.17. The monoisotopic (exact) mass is 566 g/mol. The topological polar surface area (TPSA) is 170 Å². The number of hydrogen-bond donors (Lipinski definition) is 4. The molecule has 0 radical (unpaired) electrons. The smallest absolute Gasteiger partial charge is 0.235 e. The van der Waals surface area contributed by atoms with Gasteiger partial charge in [0.15, 0.2) is 34.7 Å². The SMILES string of the molecule is CN(C)c1c(CNC2(C3CC3)CC2)cc(O)c2c1C[C@H]1C[C@H]3[C@H](N(C)C)C(=O)C(C(N)=O)C(=O)[C@@]3(O)C(=O)C1C2=O. The lowest BCUT2D eigenvalue weighted by molar-refractivity contribution is -0.181. The Balaban J connectivity index is 1.41. The molecule has 6 rings (SSSR count). The van der Waals surface area contributed by atoms with E-state index in [9.17, 15) is 34.2 Å². The van der Waals surface area contributed by atoms with E-state index in [-0.39, 0.29) is 29.7 Å². The first kappa shape index (κ1) is 28.0. The number of aromatic hydroxyl groups is 1. The first-order valence-corrected chi connectivity index (χ1v) is 14.4. The number of benzene rings is 1. The predicted octanol–water partition coefficient (Wildman–Crippen LogP) is -0.0348. The highest BCUT2D eigenvalue weighted by Gasteiger charge is 2.69. The highest BCUT2D eigenvalue weighted by Crippen LogP contribution is 2.55. The van der Waals surface area contributed by atoms with E-state index in [2.05, 4.69) is 5.32 Å². The number of phenolic OH excluding ortho intramolecular Hbond substituents is 1. The molecule has 1 aromatic carbocycles. The Morgan fingerprint density at radius 3 is 2.29 bits per heavy atom. The molecule has 0 spiro atoms. The number of carbonyl (C=O) groups is 5. The minimum absolute atomic E-state index is 0.0207. The van der Waals surface area contributed by atoms with E-state index in [1.54, 1.807) is 20.2 Å². The highest BCUT2D eigenvalue weighted by molar-refractivity contribution is 6.32. The molecule has 1 amide bonds. The zero-order chi connectivity index (χ0) is 29.8. The van der Waals surface area contributed by atoms with Gasteiger partial charge in [-0.3, -0.25) is 28.9 Å². The third-order valence-electron chi connectivity index (χ3n) is 10.3. The lowest BCUT2D eigenvalue weighted by atomic mass is 9.52. The minimum Gasteiger partial charge on any atom is -0.507 e. The van der Waals surface area contributed by atoms with Crippen molar-refractivity contribution in [2.24, 2.45) is 35.3 Å². The van der Waals surface area contributed by atoms with Crippen molar-refractivity contribution in [3.8, 4) is 5.75 Å². The van der Waals surface area contributed by atoms with Gasteiger partial charge >= 0.3 is 0 Å². The van der Waals surface area contributed by atoms with Gasteiger partial charge in [-0.1, -0.05) is 0 Å². The molecule has 11 nitrogen and oxygen atoms in total. The van der Waals surface area contributed by atoms with Crippen molar-refractivity contribution < 1.29 is 34.2 Å². The molecule has 5 aliphatic rings. The van der Waals surface area contributed by atoms with Gasteiger partial charge in [0.25, 0.3) is 0 Å². The summed E-state index contributed by atoms with van der Waals surface area (Å²) in [6.45, 7) is 0.522. The number of nitrogens with zero attached hydrogens (tertiary/aromatic N) is 2. The molecule has 41 heavy (non-hydrogen) atoms. The lowest BCUT2D eigenvalue weighted by Gasteiger charge is -2.52. The number of nitrogens with one attached hydrogen (secondary N) is 1. The Kier molecular flexibility index (Phi) is 6.26. The van der Waals surface area contributed by atoms with E-state index >= 15 is 0 Å². The maximum Gasteiger partial charge on any atom is 0.235 e.